The van der Waals surface area contributed by atoms with Crippen molar-refractivity contribution in [2.45, 2.75) is 58.3 Å². The Hall–Kier alpha value is -2.14. The van der Waals surface area contributed by atoms with E-state index in [9.17, 15) is 4.79 Å². The number of benzene rings is 1. The zero-order valence-corrected chi connectivity index (χ0v) is 15.9. The number of amidine groups is 1. The van der Waals surface area contributed by atoms with Gasteiger partial charge in [0.25, 0.3) is 5.91 Å². The minimum Gasteiger partial charge on any atom is -0.359 e. The molecule has 1 amide bonds. The van der Waals surface area contributed by atoms with E-state index in [1.165, 1.54) is 5.57 Å². The third kappa shape index (κ3) is 3.09. The van der Waals surface area contributed by atoms with E-state index in [0.29, 0.717) is 12.0 Å². The average molecular weight is 341 g/mol. The summed E-state index contributed by atoms with van der Waals surface area (Å²) in [5, 5.41) is 6.13. The maximum atomic E-state index is 12.2. The lowest BCUT2D eigenvalue weighted by molar-refractivity contribution is -0.0586. The van der Waals surface area contributed by atoms with Crippen LogP contribution in [0.3, 0.4) is 0 Å². The van der Waals surface area contributed by atoms with Gasteiger partial charge < -0.3 is 15.4 Å². The van der Waals surface area contributed by atoms with Crippen LogP contribution in [0.1, 0.15) is 50.5 Å². The number of rotatable bonds is 3. The molecule has 5 nitrogen and oxygen atoms in total. The molecule has 0 saturated heterocycles. The van der Waals surface area contributed by atoms with Gasteiger partial charge in [-0.15, -0.1) is 0 Å². The number of carbonyl (C=O) groups excluding carboxylic acids is 1. The highest BCUT2D eigenvalue weighted by Crippen LogP contribution is 2.45. The van der Waals surface area contributed by atoms with Crippen molar-refractivity contribution in [2.75, 3.05) is 7.05 Å². The molecule has 2 N–H and O–H groups in total. The lowest BCUT2D eigenvalue weighted by Crippen LogP contribution is -2.38. The van der Waals surface area contributed by atoms with Crippen molar-refractivity contribution < 1.29 is 9.53 Å². The second-order valence-corrected chi connectivity index (χ2v) is 7.71. The molecule has 0 aromatic heterocycles. The Labute approximate surface area is 149 Å². The Morgan fingerprint density at radius 2 is 1.92 bits per heavy atom. The Morgan fingerprint density at radius 3 is 2.60 bits per heavy atom. The van der Waals surface area contributed by atoms with Crippen LogP contribution in [0, 0.1) is 0 Å². The molecule has 1 aromatic carbocycles. The number of nitrogens with zero attached hydrogens (tertiary/aromatic N) is 1. The monoisotopic (exact) mass is 341 g/mol. The van der Waals surface area contributed by atoms with Crippen molar-refractivity contribution in [3.63, 3.8) is 0 Å². The van der Waals surface area contributed by atoms with Crippen LogP contribution in [0.5, 0.6) is 0 Å². The SMILES string of the molecule is CNC(=O)c1ccccc1CC1N=C(C)NC2=C1C(C)(C)OC2(C)C. The van der Waals surface area contributed by atoms with E-state index in [-0.39, 0.29) is 17.6 Å². The van der Waals surface area contributed by atoms with Crippen molar-refractivity contribution >= 4 is 11.7 Å². The normalized spacial score (nSPS) is 23.6. The fourth-order valence-electron chi connectivity index (χ4n) is 4.08. The summed E-state index contributed by atoms with van der Waals surface area (Å²) in [6.45, 7) is 10.3. The Bertz CT molecular complexity index is 775. The molecule has 2 aliphatic heterocycles. The molecule has 0 fully saturated rings. The van der Waals surface area contributed by atoms with Crippen LogP contribution in [-0.2, 0) is 11.2 Å². The van der Waals surface area contributed by atoms with Crippen LogP contribution in [0.15, 0.2) is 40.5 Å². The Kier molecular flexibility index (Phi) is 4.23. The van der Waals surface area contributed by atoms with Gasteiger partial charge in [0.2, 0.25) is 0 Å². The first-order chi connectivity index (χ1) is 11.7. The lowest BCUT2D eigenvalue weighted by atomic mass is 9.84. The van der Waals surface area contributed by atoms with E-state index in [1.807, 2.05) is 31.2 Å². The predicted octanol–water partition coefficient (Wildman–Crippen LogP) is 2.82. The van der Waals surface area contributed by atoms with Gasteiger partial charge in [-0.25, -0.2) is 0 Å². The van der Waals surface area contributed by atoms with E-state index in [1.54, 1.807) is 7.05 Å². The van der Waals surface area contributed by atoms with Gasteiger partial charge in [0, 0.05) is 18.2 Å². The number of hydrogen-bond donors (Lipinski definition) is 2. The molecule has 5 heteroatoms. The third-order valence-corrected chi connectivity index (χ3v) is 4.92. The van der Waals surface area contributed by atoms with Gasteiger partial charge >= 0.3 is 0 Å². The molecule has 2 aliphatic rings. The molecule has 1 unspecified atom stereocenters. The second-order valence-electron chi connectivity index (χ2n) is 7.71. The van der Waals surface area contributed by atoms with Crippen molar-refractivity contribution in [1.82, 2.24) is 10.6 Å². The fraction of sp³-hybridized carbons (Fsp3) is 0.500. The summed E-state index contributed by atoms with van der Waals surface area (Å²) < 4.78 is 6.31. The number of amides is 1. The highest BCUT2D eigenvalue weighted by Gasteiger charge is 2.49. The summed E-state index contributed by atoms with van der Waals surface area (Å²) >= 11 is 0. The van der Waals surface area contributed by atoms with Gasteiger partial charge in [0.05, 0.1) is 23.2 Å². The lowest BCUT2D eigenvalue weighted by Gasteiger charge is -2.30. The Morgan fingerprint density at radius 1 is 1.24 bits per heavy atom. The highest BCUT2D eigenvalue weighted by molar-refractivity contribution is 5.95. The van der Waals surface area contributed by atoms with E-state index >= 15 is 0 Å². The first kappa shape index (κ1) is 17.7. The van der Waals surface area contributed by atoms with Crippen molar-refractivity contribution in [2.24, 2.45) is 4.99 Å². The van der Waals surface area contributed by atoms with E-state index in [0.717, 1.165) is 17.1 Å². The van der Waals surface area contributed by atoms with Crippen molar-refractivity contribution in [1.29, 1.82) is 0 Å². The molecule has 134 valence electrons. The van der Waals surface area contributed by atoms with Gasteiger partial charge in [-0.3, -0.25) is 9.79 Å². The van der Waals surface area contributed by atoms with Gasteiger partial charge in [-0.05, 0) is 52.7 Å². The third-order valence-electron chi connectivity index (χ3n) is 4.92. The average Bonchev–Trinajstić information content (AvgIpc) is 2.71. The minimum atomic E-state index is -0.400. The molecular formula is C20H27N3O2. The molecular weight excluding hydrogens is 314 g/mol. The minimum absolute atomic E-state index is 0.0427. The fourth-order valence-corrected chi connectivity index (χ4v) is 4.08. The molecule has 2 heterocycles. The number of nitrogens with one attached hydrogen (secondary N) is 2. The summed E-state index contributed by atoms with van der Waals surface area (Å²) in [6.07, 6.45) is 0.671. The topological polar surface area (TPSA) is 62.7 Å². The summed E-state index contributed by atoms with van der Waals surface area (Å²) in [6, 6.07) is 7.68. The number of aliphatic imine (C=N–C) groups is 1. The molecule has 1 atom stereocenters. The molecule has 0 aliphatic carbocycles. The summed E-state index contributed by atoms with van der Waals surface area (Å²) in [5.74, 6) is 0.817. The van der Waals surface area contributed by atoms with Crippen molar-refractivity contribution in [3.05, 3.63) is 46.7 Å². The maximum absolute atomic E-state index is 12.2. The molecule has 0 spiro atoms. The molecule has 3 rings (SSSR count). The van der Waals surface area contributed by atoms with Gasteiger partial charge in [-0.1, -0.05) is 18.2 Å². The van der Waals surface area contributed by atoms with Crippen LogP contribution in [0.4, 0.5) is 0 Å². The summed E-state index contributed by atoms with van der Waals surface area (Å²) in [4.78, 5) is 17.0. The van der Waals surface area contributed by atoms with E-state index in [4.69, 9.17) is 9.73 Å². The van der Waals surface area contributed by atoms with Crippen molar-refractivity contribution in [3.8, 4) is 0 Å². The van der Waals surface area contributed by atoms with Gasteiger partial charge in [0.15, 0.2) is 0 Å². The maximum Gasteiger partial charge on any atom is 0.251 e. The van der Waals surface area contributed by atoms with Crippen LogP contribution in [0.25, 0.3) is 0 Å². The highest BCUT2D eigenvalue weighted by atomic mass is 16.5. The van der Waals surface area contributed by atoms with Crippen LogP contribution >= 0.6 is 0 Å². The van der Waals surface area contributed by atoms with Gasteiger partial charge in [0.1, 0.15) is 5.60 Å². The van der Waals surface area contributed by atoms with Crippen LogP contribution in [-0.4, -0.2) is 36.0 Å². The quantitative estimate of drug-likeness (QED) is 0.889. The molecule has 25 heavy (non-hydrogen) atoms. The molecule has 1 aromatic rings. The summed E-state index contributed by atoms with van der Waals surface area (Å²) in [7, 11) is 1.66. The molecule has 0 saturated carbocycles. The number of hydrogen-bond acceptors (Lipinski definition) is 4. The smallest absolute Gasteiger partial charge is 0.251 e. The van der Waals surface area contributed by atoms with Gasteiger partial charge in [-0.2, -0.15) is 0 Å². The molecule has 0 radical (unpaired) electrons. The Balaban J connectivity index is 2.03. The zero-order valence-electron chi connectivity index (χ0n) is 15.9. The van der Waals surface area contributed by atoms with E-state index in [2.05, 4.69) is 38.3 Å². The summed E-state index contributed by atoms with van der Waals surface area (Å²) in [5.41, 5.74) is 3.20. The first-order valence-corrected chi connectivity index (χ1v) is 8.72. The van der Waals surface area contributed by atoms with Crippen LogP contribution in [0.2, 0.25) is 0 Å². The standard InChI is InChI=1S/C20H27N3O2/c1-12-22-15(11-13-9-7-8-10-14(13)18(24)21-6)16-17(23-12)20(4,5)25-19(16,2)3/h7-10,15H,11H2,1-6H3,(H,21,24)(H,22,23). The first-order valence-electron chi connectivity index (χ1n) is 8.72. The number of ether oxygens (including phenoxy) is 1. The molecule has 0 bridgehead atoms. The van der Waals surface area contributed by atoms with Crippen LogP contribution < -0.4 is 10.6 Å². The largest absolute Gasteiger partial charge is 0.359 e. The second kappa shape index (κ2) is 5.99. The van der Waals surface area contributed by atoms with E-state index < -0.39 is 5.60 Å². The zero-order chi connectivity index (χ0) is 18.4. The number of carbonyl (C=O) groups is 1. The predicted molar refractivity (Wildman–Crippen MR) is 99.8 cm³/mol.